The van der Waals surface area contributed by atoms with Crippen molar-refractivity contribution in [3.63, 3.8) is 0 Å². The summed E-state index contributed by atoms with van der Waals surface area (Å²) in [6.07, 6.45) is 1.77. The van der Waals surface area contributed by atoms with Gasteiger partial charge in [0, 0.05) is 5.02 Å². The highest BCUT2D eigenvalue weighted by atomic mass is 35.5. The second kappa shape index (κ2) is 9.06. The summed E-state index contributed by atoms with van der Waals surface area (Å²) in [5.41, 5.74) is 2.59. The van der Waals surface area contributed by atoms with Gasteiger partial charge in [0.1, 0.15) is 17.2 Å². The Balaban J connectivity index is 1.79. The summed E-state index contributed by atoms with van der Waals surface area (Å²) in [7, 11) is 1.60. The summed E-state index contributed by atoms with van der Waals surface area (Å²) in [6, 6.07) is 22.1. The molecule has 5 nitrogen and oxygen atoms in total. The molecule has 0 saturated carbocycles. The van der Waals surface area contributed by atoms with Crippen molar-refractivity contribution in [1.29, 1.82) is 0 Å². The summed E-state index contributed by atoms with van der Waals surface area (Å²) in [5.74, 6) is 1.69. The van der Waals surface area contributed by atoms with Crippen molar-refractivity contribution in [3.05, 3.63) is 94.6 Å². The fourth-order valence-electron chi connectivity index (χ4n) is 3.34. The van der Waals surface area contributed by atoms with Crippen LogP contribution < -0.4 is 14.4 Å². The second-order valence-electron chi connectivity index (χ2n) is 6.78. The molecule has 31 heavy (non-hydrogen) atoms. The number of rotatable bonds is 6. The van der Waals surface area contributed by atoms with E-state index in [9.17, 15) is 4.79 Å². The fraction of sp³-hybridized carbons (Fsp3) is 0.120. The van der Waals surface area contributed by atoms with E-state index in [0.717, 1.165) is 16.9 Å². The molecule has 0 aliphatic carbocycles. The number of hydrogen-bond acceptors (Lipinski definition) is 4. The molecule has 0 atom stereocenters. The lowest BCUT2D eigenvalue weighted by molar-refractivity contribution is -0.113. The van der Waals surface area contributed by atoms with Crippen LogP contribution in [0.2, 0.25) is 5.02 Å². The highest BCUT2D eigenvalue weighted by Crippen LogP contribution is 2.31. The maximum Gasteiger partial charge on any atom is 0.282 e. The van der Waals surface area contributed by atoms with Crippen molar-refractivity contribution in [1.82, 2.24) is 0 Å². The monoisotopic (exact) mass is 432 g/mol. The highest BCUT2D eigenvalue weighted by Gasteiger charge is 2.33. The predicted octanol–water partition coefficient (Wildman–Crippen LogP) is 5.58. The summed E-state index contributed by atoms with van der Waals surface area (Å²) >= 11 is 6.05. The van der Waals surface area contributed by atoms with E-state index in [-0.39, 0.29) is 5.91 Å². The maximum absolute atomic E-state index is 13.4. The molecule has 3 aromatic rings. The van der Waals surface area contributed by atoms with Gasteiger partial charge in [-0.25, -0.2) is 4.99 Å². The molecule has 0 N–H and O–H groups in total. The summed E-state index contributed by atoms with van der Waals surface area (Å²) < 4.78 is 11.0. The van der Waals surface area contributed by atoms with Gasteiger partial charge in [0.2, 0.25) is 0 Å². The Labute approximate surface area is 186 Å². The molecule has 0 unspecified atom stereocenters. The number of ether oxygens (including phenoxy) is 2. The van der Waals surface area contributed by atoms with Gasteiger partial charge >= 0.3 is 0 Å². The number of hydrogen-bond donors (Lipinski definition) is 0. The number of halogens is 1. The van der Waals surface area contributed by atoms with Gasteiger partial charge in [-0.2, -0.15) is 0 Å². The number of aliphatic imine (C=N–C) groups is 1. The van der Waals surface area contributed by atoms with Gasteiger partial charge in [0.25, 0.3) is 5.91 Å². The van der Waals surface area contributed by atoms with E-state index in [2.05, 4.69) is 0 Å². The minimum absolute atomic E-state index is 0.225. The third-order valence-corrected chi connectivity index (χ3v) is 5.04. The minimum Gasteiger partial charge on any atom is -0.496 e. The number of nitrogens with zero attached hydrogens (tertiary/aromatic N) is 2. The smallest absolute Gasteiger partial charge is 0.282 e. The van der Waals surface area contributed by atoms with Crippen molar-refractivity contribution in [3.8, 4) is 11.5 Å². The highest BCUT2D eigenvalue weighted by molar-refractivity contribution is 6.34. The Morgan fingerprint density at radius 2 is 1.71 bits per heavy atom. The normalized spacial score (nSPS) is 14.7. The Kier molecular flexibility index (Phi) is 6.05. The molecule has 0 spiro atoms. The lowest BCUT2D eigenvalue weighted by Gasteiger charge is -2.20. The Morgan fingerprint density at radius 3 is 2.39 bits per heavy atom. The Morgan fingerprint density at radius 1 is 1.00 bits per heavy atom. The molecular formula is C25H21ClN2O3. The fourth-order valence-corrected chi connectivity index (χ4v) is 3.47. The lowest BCUT2D eigenvalue weighted by atomic mass is 10.1. The van der Waals surface area contributed by atoms with Gasteiger partial charge in [0.15, 0.2) is 5.84 Å². The number of anilines is 1. The zero-order valence-corrected chi connectivity index (χ0v) is 18.0. The summed E-state index contributed by atoms with van der Waals surface area (Å²) in [4.78, 5) is 19.7. The molecule has 0 aromatic heterocycles. The molecule has 1 aliphatic heterocycles. The van der Waals surface area contributed by atoms with Crippen molar-refractivity contribution in [2.24, 2.45) is 4.99 Å². The first-order valence-corrected chi connectivity index (χ1v) is 10.2. The molecular weight excluding hydrogens is 412 g/mol. The molecule has 0 radical (unpaired) electrons. The molecule has 1 heterocycles. The molecule has 0 bridgehead atoms. The molecule has 1 aliphatic rings. The van der Waals surface area contributed by atoms with E-state index >= 15 is 0 Å². The molecule has 156 valence electrons. The molecule has 4 rings (SSSR count). The van der Waals surface area contributed by atoms with Gasteiger partial charge in [-0.1, -0.05) is 35.9 Å². The van der Waals surface area contributed by atoms with Crippen molar-refractivity contribution in [2.45, 2.75) is 6.92 Å². The number of para-hydroxylation sites is 1. The molecule has 1 amide bonds. The Bertz CT molecular complexity index is 1150. The third kappa shape index (κ3) is 4.32. The lowest BCUT2D eigenvalue weighted by Crippen LogP contribution is -2.32. The van der Waals surface area contributed by atoms with Gasteiger partial charge in [-0.15, -0.1) is 0 Å². The van der Waals surface area contributed by atoms with Crippen LogP contribution in [0.5, 0.6) is 11.5 Å². The van der Waals surface area contributed by atoms with E-state index in [0.29, 0.717) is 34.6 Å². The number of benzene rings is 3. The number of carbonyl (C=O) groups is 1. The van der Waals surface area contributed by atoms with Crippen LogP contribution in [0.4, 0.5) is 5.69 Å². The van der Waals surface area contributed by atoms with Crippen LogP contribution in [0.3, 0.4) is 0 Å². The summed E-state index contributed by atoms with van der Waals surface area (Å²) in [5, 5.41) is 0.594. The number of amides is 1. The number of amidine groups is 1. The molecule has 6 heteroatoms. The van der Waals surface area contributed by atoms with E-state index in [4.69, 9.17) is 26.1 Å². The second-order valence-corrected chi connectivity index (χ2v) is 7.22. The standard InChI is InChI=1S/C25H21ClN2O3/c1-3-31-20-14-8-17(9-15-20)16-22-25(29)28(19-12-10-18(26)11-13-19)24(27-22)21-6-4-5-7-23(21)30-2/h4-16H,3H2,1-2H3/b22-16+. The summed E-state index contributed by atoms with van der Waals surface area (Å²) in [6.45, 7) is 2.54. The average Bonchev–Trinajstić information content (AvgIpc) is 3.11. The molecule has 0 saturated heterocycles. The largest absolute Gasteiger partial charge is 0.496 e. The third-order valence-electron chi connectivity index (χ3n) is 4.79. The number of carbonyl (C=O) groups excluding carboxylic acids is 1. The van der Waals surface area contributed by atoms with Gasteiger partial charge in [-0.3, -0.25) is 9.69 Å². The van der Waals surface area contributed by atoms with Crippen molar-refractivity contribution in [2.75, 3.05) is 18.6 Å². The van der Waals surface area contributed by atoms with Crippen molar-refractivity contribution >= 4 is 35.1 Å². The van der Waals surface area contributed by atoms with Gasteiger partial charge in [-0.05, 0) is 67.1 Å². The first kappa shape index (κ1) is 20.7. The van der Waals surface area contributed by atoms with Crippen LogP contribution in [0.25, 0.3) is 6.08 Å². The van der Waals surface area contributed by atoms with Crippen molar-refractivity contribution < 1.29 is 14.3 Å². The zero-order valence-electron chi connectivity index (χ0n) is 17.2. The predicted molar refractivity (Wildman–Crippen MR) is 124 cm³/mol. The Hall–Kier alpha value is -3.57. The van der Waals surface area contributed by atoms with Crippen LogP contribution in [-0.2, 0) is 4.79 Å². The van der Waals surface area contributed by atoms with Crippen LogP contribution >= 0.6 is 11.6 Å². The average molecular weight is 433 g/mol. The van der Waals surface area contributed by atoms with Crippen LogP contribution in [0.15, 0.2) is 83.5 Å². The minimum atomic E-state index is -0.225. The van der Waals surface area contributed by atoms with E-state index < -0.39 is 0 Å². The topological polar surface area (TPSA) is 51.1 Å². The van der Waals surface area contributed by atoms with Crippen LogP contribution in [0.1, 0.15) is 18.1 Å². The number of methoxy groups -OCH3 is 1. The van der Waals surface area contributed by atoms with Crippen LogP contribution in [-0.4, -0.2) is 25.5 Å². The zero-order chi connectivity index (χ0) is 21.8. The van der Waals surface area contributed by atoms with Gasteiger partial charge in [0.05, 0.1) is 25.0 Å². The molecule has 0 fully saturated rings. The van der Waals surface area contributed by atoms with E-state index in [1.165, 1.54) is 0 Å². The first-order valence-electron chi connectivity index (χ1n) is 9.87. The SMILES string of the molecule is CCOc1ccc(/C=C2/N=C(c3ccccc3OC)N(c3ccc(Cl)cc3)C2=O)cc1. The van der Waals surface area contributed by atoms with E-state index in [1.807, 2.05) is 55.5 Å². The quantitative estimate of drug-likeness (QED) is 0.477. The van der Waals surface area contributed by atoms with E-state index in [1.54, 1.807) is 42.4 Å². The van der Waals surface area contributed by atoms with Crippen LogP contribution in [0, 0.1) is 0 Å². The maximum atomic E-state index is 13.4. The molecule has 3 aromatic carbocycles. The first-order chi connectivity index (χ1) is 15.1. The van der Waals surface area contributed by atoms with Gasteiger partial charge < -0.3 is 9.47 Å².